The lowest BCUT2D eigenvalue weighted by Gasteiger charge is -2.06. The number of aromatic nitrogens is 2. The second-order valence-electron chi connectivity index (χ2n) is 3.40. The van der Waals surface area contributed by atoms with E-state index in [0.717, 1.165) is 0 Å². The van der Waals surface area contributed by atoms with Crippen LogP contribution in [0.3, 0.4) is 0 Å². The standard InChI is InChI=1S/C11H8Cl2N4O/c12-6-3-7(13)5-8(4-6)17-11(18)9-10(14)16-2-1-15-9/h1-5H,(H2,14,16)(H,17,18). The normalized spacial score (nSPS) is 10.1. The van der Waals surface area contributed by atoms with Crippen LogP contribution in [0.4, 0.5) is 11.5 Å². The number of nitrogens with zero attached hydrogens (tertiary/aromatic N) is 2. The highest BCUT2D eigenvalue weighted by Gasteiger charge is 2.12. The minimum Gasteiger partial charge on any atom is -0.382 e. The Morgan fingerprint density at radius 1 is 1.11 bits per heavy atom. The van der Waals surface area contributed by atoms with Crippen LogP contribution in [-0.2, 0) is 0 Å². The lowest BCUT2D eigenvalue weighted by molar-refractivity contribution is 0.102. The van der Waals surface area contributed by atoms with Crippen LogP contribution in [-0.4, -0.2) is 15.9 Å². The Hall–Kier alpha value is -1.85. The largest absolute Gasteiger partial charge is 0.382 e. The number of amides is 1. The van der Waals surface area contributed by atoms with E-state index in [1.165, 1.54) is 12.4 Å². The van der Waals surface area contributed by atoms with Gasteiger partial charge in [0.25, 0.3) is 5.91 Å². The van der Waals surface area contributed by atoms with Crippen LogP contribution >= 0.6 is 23.2 Å². The average Bonchev–Trinajstić information content (AvgIpc) is 2.27. The molecule has 1 aromatic heterocycles. The van der Waals surface area contributed by atoms with Crippen LogP contribution in [0.15, 0.2) is 30.6 Å². The summed E-state index contributed by atoms with van der Waals surface area (Å²) in [6.45, 7) is 0. The van der Waals surface area contributed by atoms with Crippen molar-refractivity contribution in [3.8, 4) is 0 Å². The van der Waals surface area contributed by atoms with Gasteiger partial charge in [-0.2, -0.15) is 0 Å². The van der Waals surface area contributed by atoms with Gasteiger partial charge in [0.1, 0.15) is 0 Å². The Labute approximate surface area is 113 Å². The van der Waals surface area contributed by atoms with Gasteiger partial charge in [-0.1, -0.05) is 23.2 Å². The molecule has 1 heterocycles. The summed E-state index contributed by atoms with van der Waals surface area (Å²) in [6, 6.07) is 4.70. The van der Waals surface area contributed by atoms with Crippen molar-refractivity contribution in [1.29, 1.82) is 0 Å². The highest BCUT2D eigenvalue weighted by Crippen LogP contribution is 2.22. The molecule has 5 nitrogen and oxygen atoms in total. The van der Waals surface area contributed by atoms with Gasteiger partial charge in [0.15, 0.2) is 11.5 Å². The predicted octanol–water partition coefficient (Wildman–Crippen LogP) is 2.62. The molecule has 0 aliphatic heterocycles. The fourth-order valence-electron chi connectivity index (χ4n) is 1.34. The van der Waals surface area contributed by atoms with Crippen molar-refractivity contribution >= 4 is 40.6 Å². The Balaban J connectivity index is 2.24. The lowest BCUT2D eigenvalue weighted by atomic mass is 10.3. The van der Waals surface area contributed by atoms with E-state index in [2.05, 4.69) is 15.3 Å². The maximum Gasteiger partial charge on any atom is 0.278 e. The number of nitrogens with two attached hydrogens (primary N) is 1. The summed E-state index contributed by atoms with van der Waals surface area (Å²) in [7, 11) is 0. The first-order valence-corrected chi connectivity index (χ1v) is 5.66. The predicted molar refractivity (Wildman–Crippen MR) is 70.9 cm³/mol. The topological polar surface area (TPSA) is 80.9 Å². The number of benzene rings is 1. The number of nitrogens with one attached hydrogen (secondary N) is 1. The van der Waals surface area contributed by atoms with Crippen molar-refractivity contribution in [2.24, 2.45) is 0 Å². The molecule has 0 aliphatic rings. The van der Waals surface area contributed by atoms with Crippen molar-refractivity contribution in [3.63, 3.8) is 0 Å². The zero-order valence-electron chi connectivity index (χ0n) is 9.02. The Morgan fingerprint density at radius 3 is 2.33 bits per heavy atom. The van der Waals surface area contributed by atoms with E-state index in [4.69, 9.17) is 28.9 Å². The van der Waals surface area contributed by atoms with Crippen LogP contribution in [0, 0.1) is 0 Å². The minimum absolute atomic E-state index is 0.0496. The number of rotatable bonds is 2. The number of carbonyl (C=O) groups is 1. The summed E-state index contributed by atoms with van der Waals surface area (Å²) in [5.41, 5.74) is 6.06. The summed E-state index contributed by atoms with van der Waals surface area (Å²) < 4.78 is 0. The molecule has 0 saturated carbocycles. The monoisotopic (exact) mass is 282 g/mol. The van der Waals surface area contributed by atoms with Crippen LogP contribution < -0.4 is 11.1 Å². The van der Waals surface area contributed by atoms with Crippen molar-refractivity contribution in [3.05, 3.63) is 46.3 Å². The quantitative estimate of drug-likeness (QED) is 0.887. The van der Waals surface area contributed by atoms with Crippen LogP contribution in [0.25, 0.3) is 0 Å². The van der Waals surface area contributed by atoms with Gasteiger partial charge in [-0.15, -0.1) is 0 Å². The summed E-state index contributed by atoms with van der Waals surface area (Å²) in [5.74, 6) is -0.415. The lowest BCUT2D eigenvalue weighted by Crippen LogP contribution is -2.16. The van der Waals surface area contributed by atoms with E-state index in [0.29, 0.717) is 15.7 Å². The molecule has 2 rings (SSSR count). The molecule has 92 valence electrons. The van der Waals surface area contributed by atoms with Crippen LogP contribution in [0.2, 0.25) is 10.0 Å². The molecule has 0 unspecified atom stereocenters. The molecule has 0 aliphatic carbocycles. The van der Waals surface area contributed by atoms with Crippen molar-refractivity contribution in [1.82, 2.24) is 9.97 Å². The van der Waals surface area contributed by atoms with Gasteiger partial charge in [0.05, 0.1) is 0 Å². The van der Waals surface area contributed by atoms with E-state index in [1.54, 1.807) is 18.2 Å². The first-order valence-electron chi connectivity index (χ1n) is 4.90. The van der Waals surface area contributed by atoms with Gasteiger partial charge in [-0.05, 0) is 18.2 Å². The number of anilines is 2. The Morgan fingerprint density at radius 2 is 1.72 bits per heavy atom. The van der Waals surface area contributed by atoms with E-state index >= 15 is 0 Å². The van der Waals surface area contributed by atoms with Gasteiger partial charge in [-0.3, -0.25) is 4.79 Å². The number of carbonyl (C=O) groups excluding carboxylic acids is 1. The highest BCUT2D eigenvalue weighted by atomic mass is 35.5. The maximum absolute atomic E-state index is 11.9. The summed E-state index contributed by atoms with van der Waals surface area (Å²) in [5, 5.41) is 3.43. The molecule has 7 heteroatoms. The maximum atomic E-state index is 11.9. The summed E-state index contributed by atoms with van der Waals surface area (Å²) in [6.07, 6.45) is 2.79. The molecule has 0 fully saturated rings. The number of hydrogen-bond acceptors (Lipinski definition) is 4. The first kappa shape index (κ1) is 12.6. The fourth-order valence-corrected chi connectivity index (χ4v) is 1.87. The molecular weight excluding hydrogens is 275 g/mol. The molecule has 0 radical (unpaired) electrons. The van der Waals surface area contributed by atoms with Crippen LogP contribution in [0.1, 0.15) is 10.5 Å². The zero-order valence-corrected chi connectivity index (χ0v) is 10.5. The van der Waals surface area contributed by atoms with Gasteiger partial charge in [0, 0.05) is 28.1 Å². The van der Waals surface area contributed by atoms with Gasteiger partial charge in [-0.25, -0.2) is 9.97 Å². The van der Waals surface area contributed by atoms with Crippen molar-refractivity contribution in [2.75, 3.05) is 11.1 Å². The van der Waals surface area contributed by atoms with E-state index < -0.39 is 5.91 Å². The van der Waals surface area contributed by atoms with Crippen molar-refractivity contribution < 1.29 is 4.79 Å². The third kappa shape index (κ3) is 2.88. The van der Waals surface area contributed by atoms with E-state index in [1.807, 2.05) is 0 Å². The van der Waals surface area contributed by atoms with Crippen molar-refractivity contribution in [2.45, 2.75) is 0 Å². The summed E-state index contributed by atoms with van der Waals surface area (Å²) >= 11 is 11.6. The molecule has 3 N–H and O–H groups in total. The Bertz CT molecular complexity index is 583. The molecule has 0 spiro atoms. The average molecular weight is 283 g/mol. The Kier molecular flexibility index (Phi) is 3.64. The molecule has 0 saturated heterocycles. The molecule has 0 atom stereocenters. The van der Waals surface area contributed by atoms with Gasteiger partial charge in [0.2, 0.25) is 0 Å². The molecule has 1 aromatic carbocycles. The van der Waals surface area contributed by atoms with Gasteiger partial charge >= 0.3 is 0 Å². The second kappa shape index (κ2) is 5.20. The smallest absolute Gasteiger partial charge is 0.278 e. The molecular formula is C11H8Cl2N4O. The number of nitrogen functional groups attached to an aromatic ring is 1. The third-order valence-corrected chi connectivity index (χ3v) is 2.50. The fraction of sp³-hybridized carbons (Fsp3) is 0. The third-order valence-electron chi connectivity index (χ3n) is 2.06. The van der Waals surface area contributed by atoms with E-state index in [-0.39, 0.29) is 11.5 Å². The van der Waals surface area contributed by atoms with Crippen LogP contribution in [0.5, 0.6) is 0 Å². The first-order chi connectivity index (χ1) is 8.56. The number of hydrogen-bond donors (Lipinski definition) is 2. The van der Waals surface area contributed by atoms with Gasteiger partial charge < -0.3 is 11.1 Å². The second-order valence-corrected chi connectivity index (χ2v) is 4.28. The minimum atomic E-state index is -0.473. The molecule has 18 heavy (non-hydrogen) atoms. The zero-order chi connectivity index (χ0) is 13.1. The molecule has 1 amide bonds. The molecule has 0 bridgehead atoms. The number of halogens is 2. The SMILES string of the molecule is Nc1nccnc1C(=O)Nc1cc(Cl)cc(Cl)c1. The summed E-state index contributed by atoms with van der Waals surface area (Å²) in [4.78, 5) is 19.5. The van der Waals surface area contributed by atoms with E-state index in [9.17, 15) is 4.79 Å². The highest BCUT2D eigenvalue weighted by molar-refractivity contribution is 6.35. The molecule has 2 aromatic rings.